The smallest absolute Gasteiger partial charge is 0.193 e. The third-order valence-corrected chi connectivity index (χ3v) is 5.41. The zero-order chi connectivity index (χ0) is 20.3. The Morgan fingerprint density at radius 1 is 1.25 bits per heavy atom. The molecule has 0 bridgehead atoms. The van der Waals surface area contributed by atoms with E-state index in [0.717, 1.165) is 17.7 Å². The van der Waals surface area contributed by atoms with Gasteiger partial charge in [0.1, 0.15) is 5.75 Å². The first kappa shape index (κ1) is 20.4. The van der Waals surface area contributed by atoms with Gasteiger partial charge >= 0.3 is 0 Å². The van der Waals surface area contributed by atoms with Crippen LogP contribution in [0.4, 0.5) is 0 Å². The minimum atomic E-state index is -0.443. The van der Waals surface area contributed by atoms with Gasteiger partial charge in [0.05, 0.1) is 12.6 Å². The van der Waals surface area contributed by atoms with E-state index in [1.165, 1.54) is 0 Å². The summed E-state index contributed by atoms with van der Waals surface area (Å²) >= 11 is 11.8. The van der Waals surface area contributed by atoms with Crippen molar-refractivity contribution in [3.63, 3.8) is 0 Å². The average molecular weight is 415 g/mol. The third-order valence-electron chi connectivity index (χ3n) is 4.78. The lowest BCUT2D eigenvalue weighted by molar-refractivity contribution is 0.102. The van der Waals surface area contributed by atoms with Gasteiger partial charge in [-0.05, 0) is 43.8 Å². The Labute approximate surface area is 176 Å². The SMILES string of the molecule is CCCOc1ccc(Cl)cc1C1NC(=S)N(C)C(C)=C1C(=O)c1ccccc1. The van der Waals surface area contributed by atoms with E-state index in [1.54, 1.807) is 6.07 Å². The van der Waals surface area contributed by atoms with Crippen LogP contribution in [0.15, 0.2) is 59.8 Å². The van der Waals surface area contributed by atoms with Gasteiger partial charge in [-0.25, -0.2) is 0 Å². The molecule has 2 aromatic carbocycles. The summed E-state index contributed by atoms with van der Waals surface area (Å²) in [4.78, 5) is 15.2. The number of hydrogen-bond donors (Lipinski definition) is 1. The minimum Gasteiger partial charge on any atom is -0.493 e. The van der Waals surface area contributed by atoms with Crippen LogP contribution in [-0.4, -0.2) is 29.5 Å². The summed E-state index contributed by atoms with van der Waals surface area (Å²) in [6.07, 6.45) is 0.881. The predicted octanol–water partition coefficient (Wildman–Crippen LogP) is 5.15. The fourth-order valence-electron chi connectivity index (χ4n) is 3.20. The largest absolute Gasteiger partial charge is 0.493 e. The van der Waals surface area contributed by atoms with Gasteiger partial charge in [0.2, 0.25) is 0 Å². The summed E-state index contributed by atoms with van der Waals surface area (Å²) in [5.74, 6) is 0.647. The number of nitrogens with one attached hydrogen (secondary N) is 1. The van der Waals surface area contributed by atoms with Crippen LogP contribution in [0, 0.1) is 0 Å². The van der Waals surface area contributed by atoms with Gasteiger partial charge in [-0.2, -0.15) is 0 Å². The van der Waals surface area contributed by atoms with Crippen molar-refractivity contribution in [1.29, 1.82) is 0 Å². The lowest BCUT2D eigenvalue weighted by atomic mass is 9.89. The Morgan fingerprint density at radius 3 is 2.64 bits per heavy atom. The van der Waals surface area contributed by atoms with E-state index in [0.29, 0.717) is 33.6 Å². The first-order chi connectivity index (χ1) is 13.4. The van der Waals surface area contributed by atoms with Crippen molar-refractivity contribution in [3.8, 4) is 5.75 Å². The van der Waals surface area contributed by atoms with Gasteiger partial charge in [0, 0.05) is 34.5 Å². The van der Waals surface area contributed by atoms with Crippen molar-refractivity contribution in [3.05, 3.63) is 76.0 Å². The monoisotopic (exact) mass is 414 g/mol. The number of rotatable bonds is 6. The highest BCUT2D eigenvalue weighted by molar-refractivity contribution is 7.80. The summed E-state index contributed by atoms with van der Waals surface area (Å²) in [5, 5.41) is 4.43. The zero-order valence-corrected chi connectivity index (χ0v) is 17.7. The molecule has 1 aliphatic rings. The minimum absolute atomic E-state index is 0.0497. The number of nitrogens with zero attached hydrogens (tertiary/aromatic N) is 1. The molecule has 6 heteroatoms. The van der Waals surface area contributed by atoms with Crippen LogP contribution in [0.5, 0.6) is 5.75 Å². The Kier molecular flexibility index (Phi) is 6.37. The maximum absolute atomic E-state index is 13.4. The van der Waals surface area contributed by atoms with E-state index in [1.807, 2.05) is 68.3 Å². The van der Waals surface area contributed by atoms with E-state index >= 15 is 0 Å². The van der Waals surface area contributed by atoms with Crippen molar-refractivity contribution in [2.75, 3.05) is 13.7 Å². The quantitative estimate of drug-likeness (QED) is 0.523. The number of carbonyl (C=O) groups excluding carboxylic acids is 1. The number of ketones is 1. The second-order valence-electron chi connectivity index (χ2n) is 6.67. The summed E-state index contributed by atoms with van der Waals surface area (Å²) < 4.78 is 5.94. The summed E-state index contributed by atoms with van der Waals surface area (Å²) in [6.45, 7) is 4.54. The summed E-state index contributed by atoms with van der Waals surface area (Å²) in [7, 11) is 1.85. The van der Waals surface area contributed by atoms with Crippen molar-refractivity contribution >= 4 is 34.7 Å². The molecule has 0 amide bonds. The van der Waals surface area contributed by atoms with E-state index in [9.17, 15) is 4.79 Å². The van der Waals surface area contributed by atoms with E-state index in [-0.39, 0.29) is 5.78 Å². The molecule has 0 fully saturated rings. The van der Waals surface area contributed by atoms with Crippen LogP contribution >= 0.6 is 23.8 Å². The molecular weight excluding hydrogens is 392 g/mol. The highest BCUT2D eigenvalue weighted by atomic mass is 35.5. The van der Waals surface area contributed by atoms with Gasteiger partial charge in [-0.15, -0.1) is 0 Å². The van der Waals surface area contributed by atoms with Crippen molar-refractivity contribution < 1.29 is 9.53 Å². The number of ether oxygens (including phenoxy) is 1. The average Bonchev–Trinajstić information content (AvgIpc) is 2.71. The molecule has 0 saturated heterocycles. The standard InChI is InChI=1S/C22H23ClN2O2S/c1-4-12-27-18-11-10-16(23)13-17(18)20-19(14(2)25(3)22(28)24-20)21(26)15-8-6-5-7-9-15/h5-11,13,20H,4,12H2,1-3H3,(H,24,28). The van der Waals surface area contributed by atoms with Crippen LogP contribution < -0.4 is 10.1 Å². The maximum atomic E-state index is 13.4. The molecule has 4 nitrogen and oxygen atoms in total. The second kappa shape index (κ2) is 8.76. The Morgan fingerprint density at radius 2 is 1.96 bits per heavy atom. The molecule has 2 aromatic rings. The van der Waals surface area contributed by atoms with E-state index in [2.05, 4.69) is 5.32 Å². The summed E-state index contributed by atoms with van der Waals surface area (Å²) in [6, 6.07) is 14.3. The number of hydrogen-bond acceptors (Lipinski definition) is 3. The van der Waals surface area contributed by atoms with Crippen LogP contribution in [0.3, 0.4) is 0 Å². The molecule has 3 rings (SSSR count). The van der Waals surface area contributed by atoms with Gasteiger partial charge in [-0.3, -0.25) is 4.79 Å². The van der Waals surface area contributed by atoms with Crippen molar-refractivity contribution in [2.45, 2.75) is 26.3 Å². The molecule has 0 saturated carbocycles. The second-order valence-corrected chi connectivity index (χ2v) is 7.49. The Hall–Kier alpha value is -2.37. The molecule has 0 spiro atoms. The molecule has 146 valence electrons. The van der Waals surface area contributed by atoms with Crippen LogP contribution in [0.1, 0.15) is 42.2 Å². The van der Waals surface area contributed by atoms with E-state index in [4.69, 9.17) is 28.6 Å². The van der Waals surface area contributed by atoms with Crippen LogP contribution in [-0.2, 0) is 0 Å². The molecule has 1 atom stereocenters. The number of halogens is 1. The predicted molar refractivity (Wildman–Crippen MR) is 117 cm³/mol. The van der Waals surface area contributed by atoms with Gasteiger partial charge in [-0.1, -0.05) is 48.9 Å². The van der Waals surface area contributed by atoms with E-state index < -0.39 is 6.04 Å². The maximum Gasteiger partial charge on any atom is 0.193 e. The molecule has 1 heterocycles. The van der Waals surface area contributed by atoms with Crippen LogP contribution in [0.2, 0.25) is 5.02 Å². The normalized spacial score (nSPS) is 16.8. The Balaban J connectivity index is 2.14. The molecule has 28 heavy (non-hydrogen) atoms. The molecule has 1 aliphatic heterocycles. The zero-order valence-electron chi connectivity index (χ0n) is 16.2. The fourth-order valence-corrected chi connectivity index (χ4v) is 3.63. The first-order valence-corrected chi connectivity index (χ1v) is 9.99. The van der Waals surface area contributed by atoms with Gasteiger partial charge < -0.3 is 15.0 Å². The molecular formula is C22H23ClN2O2S. The highest BCUT2D eigenvalue weighted by Gasteiger charge is 2.34. The topological polar surface area (TPSA) is 41.6 Å². The molecule has 0 aromatic heterocycles. The first-order valence-electron chi connectivity index (χ1n) is 9.21. The van der Waals surface area contributed by atoms with Gasteiger partial charge in [0.25, 0.3) is 0 Å². The van der Waals surface area contributed by atoms with Crippen molar-refractivity contribution in [2.24, 2.45) is 0 Å². The van der Waals surface area contributed by atoms with Crippen molar-refractivity contribution in [1.82, 2.24) is 10.2 Å². The number of thiocarbonyl (C=S) groups is 1. The number of allylic oxidation sites excluding steroid dienone is 1. The summed E-state index contributed by atoms with van der Waals surface area (Å²) in [5.41, 5.74) is 2.87. The lowest BCUT2D eigenvalue weighted by Crippen LogP contribution is -2.46. The van der Waals surface area contributed by atoms with Crippen LogP contribution in [0.25, 0.3) is 0 Å². The number of carbonyl (C=O) groups is 1. The number of Topliss-reactive ketones (excluding diaryl/α,β-unsaturated/α-hetero) is 1. The van der Waals surface area contributed by atoms with Gasteiger partial charge in [0.15, 0.2) is 10.9 Å². The molecule has 0 aliphatic carbocycles. The molecule has 1 unspecified atom stereocenters. The number of benzene rings is 2. The highest BCUT2D eigenvalue weighted by Crippen LogP contribution is 2.38. The Bertz CT molecular complexity index is 927. The molecule has 0 radical (unpaired) electrons. The molecule has 1 N–H and O–H groups in total. The third kappa shape index (κ3) is 4.05. The lowest BCUT2D eigenvalue weighted by Gasteiger charge is -2.36. The fraction of sp³-hybridized carbons (Fsp3) is 0.273.